The zero-order chi connectivity index (χ0) is 20.9. The van der Waals surface area contributed by atoms with Crippen LogP contribution in [0.4, 0.5) is 0 Å². The van der Waals surface area contributed by atoms with Crippen molar-refractivity contribution in [1.82, 2.24) is 20.0 Å². The first-order chi connectivity index (χ1) is 13.9. The molecule has 1 atom stereocenters. The molecule has 1 aromatic carbocycles. The minimum Gasteiger partial charge on any atom is -0.484 e. The summed E-state index contributed by atoms with van der Waals surface area (Å²) >= 11 is 1.61. The fourth-order valence-corrected chi connectivity index (χ4v) is 3.29. The van der Waals surface area contributed by atoms with E-state index < -0.39 is 0 Å². The van der Waals surface area contributed by atoms with E-state index in [0.29, 0.717) is 12.3 Å². The Balaban J connectivity index is 1.63. The van der Waals surface area contributed by atoms with Gasteiger partial charge in [0.25, 0.3) is 5.91 Å². The van der Waals surface area contributed by atoms with Crippen LogP contribution in [0, 0.1) is 5.41 Å². The number of nitrogens with one attached hydrogen (secondary N) is 1. The van der Waals surface area contributed by atoms with Crippen LogP contribution in [-0.4, -0.2) is 32.9 Å². The minimum absolute atomic E-state index is 0.103. The van der Waals surface area contributed by atoms with Crippen LogP contribution in [0.15, 0.2) is 58.5 Å². The molecule has 7 nitrogen and oxygen atoms in total. The van der Waals surface area contributed by atoms with Gasteiger partial charge in [0.1, 0.15) is 12.4 Å². The second kappa shape index (κ2) is 9.17. The first-order valence-corrected chi connectivity index (χ1v) is 10.6. The SMILES string of the molecule is CSc1ccccc1OCc1cc(C(=O)NC(Cn2ccnc2)C(C)(C)C)no1. The quantitative estimate of drug-likeness (QED) is 0.561. The second-order valence-electron chi connectivity index (χ2n) is 7.77. The summed E-state index contributed by atoms with van der Waals surface area (Å²) in [6.07, 6.45) is 7.33. The summed E-state index contributed by atoms with van der Waals surface area (Å²) in [5.41, 5.74) is 0.0959. The number of nitrogens with zero attached hydrogens (tertiary/aromatic N) is 3. The van der Waals surface area contributed by atoms with E-state index >= 15 is 0 Å². The fraction of sp³-hybridized carbons (Fsp3) is 0.381. The summed E-state index contributed by atoms with van der Waals surface area (Å²) in [6.45, 7) is 7.07. The Morgan fingerprint density at radius 1 is 1.34 bits per heavy atom. The van der Waals surface area contributed by atoms with Crippen LogP contribution in [0.25, 0.3) is 0 Å². The highest BCUT2D eigenvalue weighted by Crippen LogP contribution is 2.27. The number of benzene rings is 1. The molecule has 0 aliphatic carbocycles. The van der Waals surface area contributed by atoms with Crippen molar-refractivity contribution in [3.05, 3.63) is 60.5 Å². The second-order valence-corrected chi connectivity index (χ2v) is 8.62. The van der Waals surface area contributed by atoms with Gasteiger partial charge in [-0.05, 0) is 23.8 Å². The molecule has 2 aromatic heterocycles. The van der Waals surface area contributed by atoms with Crippen molar-refractivity contribution in [2.75, 3.05) is 6.26 Å². The van der Waals surface area contributed by atoms with E-state index in [9.17, 15) is 4.79 Å². The highest BCUT2D eigenvalue weighted by molar-refractivity contribution is 7.98. The lowest BCUT2D eigenvalue weighted by Crippen LogP contribution is -2.46. The number of hydrogen-bond donors (Lipinski definition) is 1. The molecular formula is C21H26N4O3S. The highest BCUT2D eigenvalue weighted by atomic mass is 32.2. The largest absolute Gasteiger partial charge is 0.484 e. The Hall–Kier alpha value is -2.74. The number of carbonyl (C=O) groups is 1. The summed E-state index contributed by atoms with van der Waals surface area (Å²) < 4.78 is 13.1. The molecule has 1 amide bonds. The van der Waals surface area contributed by atoms with Crippen molar-refractivity contribution in [3.63, 3.8) is 0 Å². The smallest absolute Gasteiger partial charge is 0.273 e. The van der Waals surface area contributed by atoms with Crippen molar-refractivity contribution in [1.29, 1.82) is 0 Å². The predicted molar refractivity (Wildman–Crippen MR) is 112 cm³/mol. The third-order valence-corrected chi connectivity index (χ3v) is 5.31. The van der Waals surface area contributed by atoms with Crippen LogP contribution < -0.4 is 10.1 Å². The number of hydrogen-bond acceptors (Lipinski definition) is 6. The van der Waals surface area contributed by atoms with E-state index in [1.54, 1.807) is 30.4 Å². The third kappa shape index (κ3) is 5.63. The van der Waals surface area contributed by atoms with Gasteiger partial charge in [0.05, 0.1) is 12.4 Å². The molecule has 0 aliphatic rings. The number of ether oxygens (including phenoxy) is 1. The van der Waals surface area contributed by atoms with Crippen LogP contribution in [0.5, 0.6) is 5.75 Å². The van der Waals surface area contributed by atoms with Gasteiger partial charge in [0, 0.05) is 29.9 Å². The van der Waals surface area contributed by atoms with E-state index in [4.69, 9.17) is 9.26 Å². The first-order valence-electron chi connectivity index (χ1n) is 9.35. The number of amides is 1. The van der Waals surface area contributed by atoms with Crippen LogP contribution in [0.3, 0.4) is 0 Å². The van der Waals surface area contributed by atoms with Gasteiger partial charge in [-0.2, -0.15) is 0 Å². The van der Waals surface area contributed by atoms with Crippen LogP contribution >= 0.6 is 11.8 Å². The topological polar surface area (TPSA) is 82.2 Å². The predicted octanol–water partition coefficient (Wildman–Crippen LogP) is 4.02. The minimum atomic E-state index is -0.274. The van der Waals surface area contributed by atoms with Crippen LogP contribution in [-0.2, 0) is 13.2 Å². The third-order valence-electron chi connectivity index (χ3n) is 4.53. The Bertz CT molecular complexity index is 932. The van der Waals surface area contributed by atoms with Gasteiger partial charge in [-0.25, -0.2) is 4.98 Å². The zero-order valence-electron chi connectivity index (χ0n) is 17.1. The molecule has 29 heavy (non-hydrogen) atoms. The average molecular weight is 415 g/mol. The van der Waals surface area contributed by atoms with E-state index in [-0.39, 0.29) is 29.7 Å². The summed E-state index contributed by atoms with van der Waals surface area (Å²) in [7, 11) is 0. The number of imidazole rings is 1. The molecule has 0 saturated heterocycles. The maximum Gasteiger partial charge on any atom is 0.273 e. The van der Waals surface area contributed by atoms with E-state index in [1.165, 1.54) is 0 Å². The number of rotatable bonds is 8. The molecule has 8 heteroatoms. The van der Waals surface area contributed by atoms with Crippen LogP contribution in [0.2, 0.25) is 0 Å². The molecule has 2 heterocycles. The average Bonchev–Trinajstić information content (AvgIpc) is 3.37. The van der Waals surface area contributed by atoms with Crippen molar-refractivity contribution in [2.45, 2.75) is 44.9 Å². The highest BCUT2D eigenvalue weighted by Gasteiger charge is 2.28. The summed E-state index contributed by atoms with van der Waals surface area (Å²) in [6, 6.07) is 9.29. The van der Waals surface area contributed by atoms with Crippen molar-refractivity contribution < 1.29 is 14.1 Å². The molecule has 0 spiro atoms. The summed E-state index contributed by atoms with van der Waals surface area (Å²) in [4.78, 5) is 17.8. The molecule has 1 unspecified atom stereocenters. The standard InChI is InChI=1S/C21H26N4O3S/c1-21(2,3)19(12-25-10-9-22-14-25)23-20(26)16-11-15(28-24-16)13-27-17-7-5-6-8-18(17)29-4/h5-11,14,19H,12-13H2,1-4H3,(H,23,26). The van der Waals surface area contributed by atoms with E-state index in [1.807, 2.05) is 41.3 Å². The van der Waals surface area contributed by atoms with E-state index in [0.717, 1.165) is 10.6 Å². The van der Waals surface area contributed by atoms with Crippen molar-refractivity contribution in [3.8, 4) is 5.75 Å². The lowest BCUT2D eigenvalue weighted by atomic mass is 9.86. The molecule has 3 aromatic rings. The Morgan fingerprint density at radius 2 is 2.14 bits per heavy atom. The van der Waals surface area contributed by atoms with Gasteiger partial charge in [-0.3, -0.25) is 4.79 Å². The molecule has 0 aliphatic heterocycles. The summed E-state index contributed by atoms with van der Waals surface area (Å²) in [5.74, 6) is 0.994. The molecular weight excluding hydrogens is 388 g/mol. The number of aromatic nitrogens is 3. The Morgan fingerprint density at radius 3 is 2.83 bits per heavy atom. The number of carbonyl (C=O) groups excluding carboxylic acids is 1. The molecule has 0 fully saturated rings. The van der Waals surface area contributed by atoms with E-state index in [2.05, 4.69) is 36.2 Å². The number of para-hydroxylation sites is 1. The lowest BCUT2D eigenvalue weighted by molar-refractivity contribution is 0.0883. The maximum absolute atomic E-state index is 12.7. The Kier molecular flexibility index (Phi) is 6.64. The van der Waals surface area contributed by atoms with Crippen molar-refractivity contribution in [2.24, 2.45) is 5.41 Å². The first kappa shape index (κ1) is 21.0. The van der Waals surface area contributed by atoms with Gasteiger partial charge in [-0.15, -0.1) is 11.8 Å². The summed E-state index contributed by atoms with van der Waals surface area (Å²) in [5, 5.41) is 6.97. The fourth-order valence-electron chi connectivity index (χ4n) is 2.75. The van der Waals surface area contributed by atoms with Gasteiger partial charge >= 0.3 is 0 Å². The molecule has 0 bridgehead atoms. The molecule has 3 rings (SSSR count). The van der Waals surface area contributed by atoms with Gasteiger partial charge in [0.15, 0.2) is 11.5 Å². The van der Waals surface area contributed by atoms with Crippen molar-refractivity contribution >= 4 is 17.7 Å². The number of thioether (sulfide) groups is 1. The van der Waals surface area contributed by atoms with Gasteiger partial charge in [0.2, 0.25) is 0 Å². The zero-order valence-corrected chi connectivity index (χ0v) is 17.9. The molecule has 0 saturated carbocycles. The van der Waals surface area contributed by atoms with Gasteiger partial charge in [-0.1, -0.05) is 38.1 Å². The lowest BCUT2D eigenvalue weighted by Gasteiger charge is -2.31. The normalized spacial score (nSPS) is 12.6. The molecule has 1 N–H and O–H groups in total. The molecule has 154 valence electrons. The van der Waals surface area contributed by atoms with Gasteiger partial charge < -0.3 is 19.1 Å². The molecule has 0 radical (unpaired) electrons. The van der Waals surface area contributed by atoms with Crippen LogP contribution in [0.1, 0.15) is 37.0 Å². The monoisotopic (exact) mass is 414 g/mol. The Labute approximate surface area is 174 Å². The maximum atomic E-state index is 12.7.